The van der Waals surface area contributed by atoms with Crippen molar-refractivity contribution in [3.05, 3.63) is 95.5 Å². The van der Waals surface area contributed by atoms with Crippen LogP contribution in [0.15, 0.2) is 105 Å². The van der Waals surface area contributed by atoms with Crippen molar-refractivity contribution in [2.45, 2.75) is 11.4 Å². The van der Waals surface area contributed by atoms with E-state index in [4.69, 9.17) is 11.5 Å². The molecule has 0 fully saturated rings. The maximum atomic E-state index is 12.7. The van der Waals surface area contributed by atoms with Gasteiger partial charge in [-0.2, -0.15) is 4.99 Å². The van der Waals surface area contributed by atoms with Gasteiger partial charge in [-0.05, 0) is 53.6 Å². The lowest BCUT2D eigenvalue weighted by Crippen LogP contribution is -2.25. The number of halogens is 1. The van der Waals surface area contributed by atoms with Crippen molar-refractivity contribution in [2.24, 2.45) is 16.5 Å². The monoisotopic (exact) mass is 551 g/mol. The van der Waals surface area contributed by atoms with E-state index in [1.165, 1.54) is 12.1 Å². The van der Waals surface area contributed by atoms with Crippen LogP contribution in [0, 0.1) is 0 Å². The molecular weight excluding hydrogens is 530 g/mol. The molecule has 0 unspecified atom stereocenters. The highest BCUT2D eigenvalue weighted by Gasteiger charge is 2.17. The summed E-state index contributed by atoms with van der Waals surface area (Å²) in [5.41, 5.74) is 14.4. The van der Waals surface area contributed by atoms with Gasteiger partial charge in [-0.3, -0.25) is 9.52 Å². The molecule has 0 aliphatic carbocycles. The van der Waals surface area contributed by atoms with E-state index >= 15 is 0 Å². The molecule has 0 aliphatic rings. The van der Waals surface area contributed by atoms with Gasteiger partial charge in [0.05, 0.1) is 4.90 Å². The summed E-state index contributed by atoms with van der Waals surface area (Å²) in [5, 5.41) is 0. The van der Waals surface area contributed by atoms with E-state index in [1.807, 2.05) is 47.0 Å². The maximum absolute atomic E-state index is 12.7. The molecule has 35 heavy (non-hydrogen) atoms. The van der Waals surface area contributed by atoms with Crippen molar-refractivity contribution < 1.29 is 13.2 Å². The third kappa shape index (κ3) is 5.79. The fourth-order valence-electron chi connectivity index (χ4n) is 3.62. The lowest BCUT2D eigenvalue weighted by molar-refractivity contribution is -0.118. The van der Waals surface area contributed by atoms with Crippen molar-refractivity contribution in [3.63, 3.8) is 0 Å². The van der Waals surface area contributed by atoms with Gasteiger partial charge < -0.3 is 16.0 Å². The van der Waals surface area contributed by atoms with Gasteiger partial charge in [0.25, 0.3) is 15.9 Å². The Hall–Kier alpha value is -3.89. The SMILES string of the molecule is NC(N)=NC(=O)Cn1c(-c2ccccc2)ccc1-c1ccc(NS(=O)(=O)c2cccc(Br)c2)cc1. The largest absolute Gasteiger partial charge is 0.370 e. The number of aliphatic imine (C=N–C) groups is 1. The second-order valence-electron chi connectivity index (χ2n) is 7.63. The van der Waals surface area contributed by atoms with Crippen LogP contribution < -0.4 is 16.2 Å². The zero-order chi connectivity index (χ0) is 25.0. The number of aromatic nitrogens is 1. The van der Waals surface area contributed by atoms with Gasteiger partial charge in [0.15, 0.2) is 5.96 Å². The van der Waals surface area contributed by atoms with Crippen LogP contribution >= 0.6 is 15.9 Å². The summed E-state index contributed by atoms with van der Waals surface area (Å²) < 4.78 is 30.5. The fraction of sp³-hybridized carbons (Fsp3) is 0.0400. The lowest BCUT2D eigenvalue weighted by atomic mass is 10.1. The zero-order valence-corrected chi connectivity index (χ0v) is 20.8. The van der Waals surface area contributed by atoms with Crippen molar-refractivity contribution in [3.8, 4) is 22.5 Å². The Bertz CT molecular complexity index is 1490. The molecule has 0 bridgehead atoms. The average molecular weight is 552 g/mol. The number of nitrogens with one attached hydrogen (secondary N) is 1. The Morgan fingerprint density at radius 2 is 1.49 bits per heavy atom. The predicted molar refractivity (Wildman–Crippen MR) is 141 cm³/mol. The van der Waals surface area contributed by atoms with Gasteiger partial charge in [-0.15, -0.1) is 0 Å². The summed E-state index contributed by atoms with van der Waals surface area (Å²) in [6.07, 6.45) is 0. The number of carbonyl (C=O) groups is 1. The number of amides is 1. The van der Waals surface area contributed by atoms with Crippen molar-refractivity contribution in [1.29, 1.82) is 0 Å². The molecule has 0 saturated carbocycles. The molecule has 0 aliphatic heterocycles. The van der Waals surface area contributed by atoms with E-state index in [0.29, 0.717) is 10.2 Å². The normalized spacial score (nSPS) is 11.1. The molecule has 1 heterocycles. The van der Waals surface area contributed by atoms with E-state index in [-0.39, 0.29) is 17.4 Å². The lowest BCUT2D eigenvalue weighted by Gasteiger charge is -2.13. The molecule has 1 aromatic heterocycles. The standard InChI is InChI=1S/C25H22BrN5O3S/c26-19-7-4-8-21(15-19)35(33,34)30-20-11-9-18(10-12-20)23-14-13-22(17-5-2-1-3-6-17)31(23)16-24(32)29-25(27)28/h1-15,30H,16H2,(H4,27,28,29,32). The smallest absolute Gasteiger partial charge is 0.268 e. The van der Waals surface area contributed by atoms with E-state index in [9.17, 15) is 13.2 Å². The Morgan fingerprint density at radius 1 is 0.857 bits per heavy atom. The molecule has 8 nitrogen and oxygen atoms in total. The number of hydrogen-bond acceptors (Lipinski definition) is 3. The fourth-order valence-corrected chi connectivity index (χ4v) is 5.28. The average Bonchev–Trinajstić information content (AvgIpc) is 3.22. The molecule has 0 atom stereocenters. The van der Waals surface area contributed by atoms with Gasteiger partial charge in [0, 0.05) is 21.5 Å². The van der Waals surface area contributed by atoms with E-state index in [0.717, 1.165) is 22.5 Å². The molecular formula is C25H22BrN5O3S. The number of hydrogen-bond donors (Lipinski definition) is 3. The third-order valence-corrected chi connectivity index (χ3v) is 7.01. The van der Waals surface area contributed by atoms with Gasteiger partial charge in [-0.1, -0.05) is 64.5 Å². The number of guanidine groups is 1. The third-order valence-electron chi connectivity index (χ3n) is 5.14. The maximum Gasteiger partial charge on any atom is 0.268 e. The summed E-state index contributed by atoms with van der Waals surface area (Å²) in [6, 6.07) is 26.8. The van der Waals surface area contributed by atoms with Crippen molar-refractivity contribution in [1.82, 2.24) is 4.57 Å². The van der Waals surface area contributed by atoms with Crippen LogP contribution in [0.25, 0.3) is 22.5 Å². The van der Waals surface area contributed by atoms with E-state index in [2.05, 4.69) is 25.6 Å². The summed E-state index contributed by atoms with van der Waals surface area (Å²) in [4.78, 5) is 16.2. The molecule has 5 N–H and O–H groups in total. The number of nitrogens with zero attached hydrogens (tertiary/aromatic N) is 2. The van der Waals surface area contributed by atoms with Crippen LogP contribution in [0.4, 0.5) is 5.69 Å². The molecule has 0 spiro atoms. The van der Waals surface area contributed by atoms with Crippen LogP contribution in [0.5, 0.6) is 0 Å². The summed E-state index contributed by atoms with van der Waals surface area (Å²) in [6.45, 7) is -0.0677. The first-order valence-corrected chi connectivity index (χ1v) is 12.8. The first-order valence-electron chi connectivity index (χ1n) is 10.5. The number of rotatable bonds is 7. The highest BCUT2D eigenvalue weighted by atomic mass is 79.9. The van der Waals surface area contributed by atoms with Crippen LogP contribution in [0.1, 0.15) is 0 Å². The number of sulfonamides is 1. The zero-order valence-electron chi connectivity index (χ0n) is 18.4. The Labute approximate surface area is 211 Å². The Balaban J connectivity index is 1.66. The predicted octanol–water partition coefficient (Wildman–Crippen LogP) is 4.19. The molecule has 178 valence electrons. The Kier molecular flexibility index (Phi) is 7.04. The highest BCUT2D eigenvalue weighted by molar-refractivity contribution is 9.10. The molecule has 4 aromatic rings. The summed E-state index contributed by atoms with van der Waals surface area (Å²) in [5.74, 6) is -0.787. The molecule has 4 rings (SSSR count). The summed E-state index contributed by atoms with van der Waals surface area (Å²) in [7, 11) is -3.75. The van der Waals surface area contributed by atoms with Crippen LogP contribution in [-0.4, -0.2) is 24.9 Å². The van der Waals surface area contributed by atoms with Crippen molar-refractivity contribution >= 4 is 43.5 Å². The molecule has 0 saturated heterocycles. The number of benzene rings is 3. The van der Waals surface area contributed by atoms with Crippen LogP contribution in [0.2, 0.25) is 0 Å². The second kappa shape index (κ2) is 10.2. The molecule has 0 radical (unpaired) electrons. The minimum Gasteiger partial charge on any atom is -0.370 e. The van der Waals surface area contributed by atoms with Gasteiger partial charge in [0.1, 0.15) is 6.54 Å². The topological polar surface area (TPSA) is 133 Å². The van der Waals surface area contributed by atoms with E-state index < -0.39 is 15.9 Å². The number of anilines is 1. The summed E-state index contributed by atoms with van der Waals surface area (Å²) >= 11 is 3.29. The quantitative estimate of drug-likeness (QED) is 0.234. The molecule has 1 amide bonds. The second-order valence-corrected chi connectivity index (χ2v) is 10.2. The number of nitrogens with two attached hydrogens (primary N) is 2. The van der Waals surface area contributed by atoms with Crippen LogP contribution in [0.3, 0.4) is 0 Å². The van der Waals surface area contributed by atoms with Gasteiger partial charge in [0.2, 0.25) is 0 Å². The Morgan fingerprint density at radius 3 is 2.09 bits per heavy atom. The van der Waals surface area contributed by atoms with Crippen LogP contribution in [-0.2, 0) is 21.4 Å². The molecule has 3 aromatic carbocycles. The number of carbonyl (C=O) groups excluding carboxylic acids is 1. The first-order chi connectivity index (χ1) is 16.7. The minimum atomic E-state index is -3.75. The van der Waals surface area contributed by atoms with Gasteiger partial charge in [-0.25, -0.2) is 8.42 Å². The first kappa shape index (κ1) is 24.2. The van der Waals surface area contributed by atoms with Gasteiger partial charge >= 0.3 is 0 Å². The minimum absolute atomic E-state index is 0.0677. The van der Waals surface area contributed by atoms with Crippen molar-refractivity contribution in [2.75, 3.05) is 4.72 Å². The highest BCUT2D eigenvalue weighted by Crippen LogP contribution is 2.30. The van der Waals surface area contributed by atoms with E-state index in [1.54, 1.807) is 36.4 Å². The molecule has 10 heteroatoms.